The van der Waals surface area contributed by atoms with Crippen molar-refractivity contribution in [2.24, 2.45) is 11.8 Å². The molecule has 5 saturated heterocycles. The number of hydrogen-bond donors (Lipinski definition) is 1. The van der Waals surface area contributed by atoms with Gasteiger partial charge < -0.3 is 19.4 Å². The highest BCUT2D eigenvalue weighted by atomic mass is 35.5. The molecule has 6 aliphatic heterocycles. The number of carbonyl (C=O) groups excluding carboxylic acids is 5. The molecule has 1 N–H and O–H groups in total. The third-order valence-electron chi connectivity index (χ3n) is 13.3. The fraction of sp³-hybridized carbons (Fsp3) is 0.447. The minimum absolute atomic E-state index is 0.00145. The van der Waals surface area contributed by atoms with Crippen LogP contribution in [0.1, 0.15) is 101 Å². The van der Waals surface area contributed by atoms with Crippen molar-refractivity contribution in [1.29, 1.82) is 0 Å². The van der Waals surface area contributed by atoms with Crippen LogP contribution in [-0.4, -0.2) is 101 Å². The van der Waals surface area contributed by atoms with E-state index in [4.69, 9.17) is 22.9 Å². The van der Waals surface area contributed by atoms with Gasteiger partial charge in [0.05, 0.1) is 22.7 Å². The first-order valence-corrected chi connectivity index (χ1v) is 21.6. The topological polar surface area (TPSA) is 124 Å². The molecule has 9 rings (SSSR count). The van der Waals surface area contributed by atoms with Crippen molar-refractivity contribution in [3.8, 4) is 17.6 Å². The predicted octanol–water partition coefficient (Wildman–Crippen LogP) is 6.49. The van der Waals surface area contributed by atoms with Crippen molar-refractivity contribution < 1.29 is 28.7 Å². The molecule has 3 unspecified atom stereocenters. The largest absolute Gasteiger partial charge is 0.490 e. The molecule has 3 atom stereocenters. The summed E-state index contributed by atoms with van der Waals surface area (Å²) in [6.45, 7) is 12.0. The van der Waals surface area contributed by atoms with Crippen LogP contribution in [0.4, 0.5) is 11.4 Å². The predicted molar refractivity (Wildman–Crippen MR) is 225 cm³/mol. The van der Waals surface area contributed by atoms with Crippen molar-refractivity contribution in [1.82, 2.24) is 20.0 Å². The van der Waals surface area contributed by atoms with Crippen molar-refractivity contribution >= 4 is 52.5 Å². The Bertz CT molecular complexity index is 2320. The van der Waals surface area contributed by atoms with Gasteiger partial charge in [0, 0.05) is 73.7 Å². The summed E-state index contributed by atoms with van der Waals surface area (Å²) >= 11 is 6.23. The lowest BCUT2D eigenvalue weighted by atomic mass is 9.92. The van der Waals surface area contributed by atoms with Gasteiger partial charge in [-0.3, -0.25) is 34.2 Å². The van der Waals surface area contributed by atoms with Gasteiger partial charge in [0.1, 0.15) is 17.9 Å². The third kappa shape index (κ3) is 7.99. The molecular weight excluding hydrogens is 780 g/mol. The number of piperidine rings is 4. The van der Waals surface area contributed by atoms with Crippen LogP contribution in [0, 0.1) is 30.2 Å². The van der Waals surface area contributed by atoms with Gasteiger partial charge in [0.25, 0.3) is 17.7 Å². The number of carbonyl (C=O) groups is 5. The monoisotopic (exact) mass is 826 g/mol. The van der Waals surface area contributed by atoms with Crippen LogP contribution in [-0.2, 0) is 9.59 Å². The number of hydrogen-bond acceptors (Lipinski definition) is 8. The standard InChI is InChI=1S/C47H47ClN6O6/c1-49-41-13-11-36(27-40(41)48)60-37-24-34-8-9-35(25-37)53(34)45(57)32-6-4-29(5-7-32)2-3-30-16-20-51(21-17-30)28-31-18-22-52(23-19-31)33-10-12-38-39(26-33)47(59)54(46(38)58)42-14-15-43(55)50-44(42)56/h4-7,10-13,26-27,30-31,34-35,37,42H,8-9,14-25,28H2,(H,50,55,56). The molecule has 2 bridgehead atoms. The van der Waals surface area contributed by atoms with Crippen molar-refractivity contribution in [3.63, 3.8) is 0 Å². The Morgan fingerprint density at radius 3 is 2.23 bits per heavy atom. The van der Waals surface area contributed by atoms with Crippen LogP contribution in [0.5, 0.6) is 5.75 Å². The summed E-state index contributed by atoms with van der Waals surface area (Å²) in [6, 6.07) is 17.6. The lowest BCUT2D eigenvalue weighted by Crippen LogP contribution is -2.54. The Labute approximate surface area is 355 Å². The van der Waals surface area contributed by atoms with Crippen molar-refractivity contribution in [2.75, 3.05) is 37.6 Å². The Morgan fingerprint density at radius 1 is 0.833 bits per heavy atom. The second kappa shape index (κ2) is 16.8. The van der Waals surface area contributed by atoms with E-state index in [0.717, 1.165) is 100 Å². The number of likely N-dealkylation sites (tertiary alicyclic amines) is 1. The molecule has 60 heavy (non-hydrogen) atoms. The van der Waals surface area contributed by atoms with Gasteiger partial charge in [-0.25, -0.2) is 4.85 Å². The van der Waals surface area contributed by atoms with Gasteiger partial charge in [-0.1, -0.05) is 29.5 Å². The van der Waals surface area contributed by atoms with Crippen LogP contribution in [0.3, 0.4) is 0 Å². The van der Waals surface area contributed by atoms with E-state index in [1.54, 1.807) is 30.3 Å². The molecule has 6 aliphatic rings. The van der Waals surface area contributed by atoms with E-state index >= 15 is 0 Å². The first-order chi connectivity index (χ1) is 29.1. The maximum Gasteiger partial charge on any atom is 0.262 e. The molecule has 3 aromatic carbocycles. The number of nitrogens with zero attached hydrogens (tertiary/aromatic N) is 5. The van der Waals surface area contributed by atoms with E-state index in [1.807, 2.05) is 30.3 Å². The number of amides is 5. The maximum absolute atomic E-state index is 13.7. The van der Waals surface area contributed by atoms with E-state index < -0.39 is 23.8 Å². The molecule has 0 aromatic heterocycles. The molecule has 5 amide bonds. The molecule has 12 nitrogen and oxygen atoms in total. The summed E-state index contributed by atoms with van der Waals surface area (Å²) in [6.07, 6.45) is 7.85. The number of halogens is 1. The molecule has 0 aliphatic carbocycles. The molecular formula is C47H47ClN6O6. The zero-order chi connectivity index (χ0) is 41.5. The first kappa shape index (κ1) is 39.8. The Balaban J connectivity index is 0.715. The molecule has 308 valence electrons. The lowest BCUT2D eigenvalue weighted by Gasteiger charge is -2.39. The quantitative estimate of drug-likeness (QED) is 0.163. The second-order valence-electron chi connectivity index (χ2n) is 17.1. The van der Waals surface area contributed by atoms with Gasteiger partial charge in [-0.15, -0.1) is 0 Å². The number of imide groups is 2. The molecule has 6 heterocycles. The van der Waals surface area contributed by atoms with E-state index in [9.17, 15) is 24.0 Å². The fourth-order valence-corrected chi connectivity index (χ4v) is 10.3. The maximum atomic E-state index is 13.7. The number of rotatable bonds is 7. The molecule has 0 radical (unpaired) electrons. The first-order valence-electron chi connectivity index (χ1n) is 21.2. The van der Waals surface area contributed by atoms with E-state index in [0.29, 0.717) is 45.0 Å². The number of anilines is 1. The summed E-state index contributed by atoms with van der Waals surface area (Å²) < 4.78 is 6.26. The summed E-state index contributed by atoms with van der Waals surface area (Å²) in [5, 5.41) is 2.64. The van der Waals surface area contributed by atoms with Crippen LogP contribution < -0.4 is 15.0 Å². The molecule has 3 aromatic rings. The highest BCUT2D eigenvalue weighted by Gasteiger charge is 2.46. The third-order valence-corrected chi connectivity index (χ3v) is 13.6. The van der Waals surface area contributed by atoms with E-state index in [1.165, 1.54) is 0 Å². The van der Waals surface area contributed by atoms with Crippen molar-refractivity contribution in [3.05, 3.63) is 99.4 Å². The summed E-state index contributed by atoms with van der Waals surface area (Å²) in [5.41, 5.74) is 3.55. The Morgan fingerprint density at radius 2 is 1.55 bits per heavy atom. The van der Waals surface area contributed by atoms with Crippen molar-refractivity contribution in [2.45, 2.75) is 88.4 Å². The van der Waals surface area contributed by atoms with Gasteiger partial charge in [-0.05, 0) is 119 Å². The number of ether oxygens (including phenoxy) is 1. The highest BCUT2D eigenvalue weighted by molar-refractivity contribution is 6.33. The van der Waals surface area contributed by atoms with Crippen LogP contribution in [0.15, 0.2) is 60.7 Å². The van der Waals surface area contributed by atoms with Gasteiger partial charge in [-0.2, -0.15) is 0 Å². The minimum atomic E-state index is -0.967. The lowest BCUT2D eigenvalue weighted by molar-refractivity contribution is -0.136. The summed E-state index contributed by atoms with van der Waals surface area (Å²) in [5.74, 6) is 6.58. The SMILES string of the molecule is [C-]#[N+]c1ccc(OC2CC3CCC(C2)N3C(=O)c2ccc(C#CC3CCN(CC4CCN(c5ccc6c(c5)C(=O)N(C5CCC(=O)NC5=O)C6=O)CC4)CC3)cc2)cc1Cl. The average Bonchev–Trinajstić information content (AvgIpc) is 3.67. The van der Waals surface area contributed by atoms with E-state index in [-0.39, 0.29) is 42.8 Å². The van der Waals surface area contributed by atoms with Gasteiger partial charge >= 0.3 is 0 Å². The zero-order valence-electron chi connectivity index (χ0n) is 33.4. The molecule has 5 fully saturated rings. The average molecular weight is 827 g/mol. The van der Waals surface area contributed by atoms with Gasteiger partial charge in [0.15, 0.2) is 0 Å². The van der Waals surface area contributed by atoms with E-state index in [2.05, 4.69) is 36.7 Å². The second-order valence-corrected chi connectivity index (χ2v) is 17.5. The van der Waals surface area contributed by atoms with Crippen LogP contribution in [0.2, 0.25) is 5.02 Å². The van der Waals surface area contributed by atoms with Crippen LogP contribution in [0.25, 0.3) is 4.85 Å². The highest BCUT2D eigenvalue weighted by Crippen LogP contribution is 2.39. The Kier molecular flexibility index (Phi) is 11.1. The smallest absolute Gasteiger partial charge is 0.262 e. The summed E-state index contributed by atoms with van der Waals surface area (Å²) in [4.78, 5) is 75.5. The normalized spacial score (nSPS) is 24.8. The number of nitrogens with one attached hydrogen (secondary N) is 1. The molecule has 13 heteroatoms. The molecule has 0 saturated carbocycles. The van der Waals surface area contributed by atoms with Crippen LogP contribution >= 0.6 is 11.6 Å². The minimum Gasteiger partial charge on any atom is -0.490 e. The Hall–Kier alpha value is -5.69. The zero-order valence-corrected chi connectivity index (χ0v) is 34.2. The number of benzene rings is 3. The van der Waals surface area contributed by atoms with Gasteiger partial charge in [0.2, 0.25) is 17.5 Å². The fourth-order valence-electron chi connectivity index (χ4n) is 10.1. The molecule has 0 spiro atoms. The summed E-state index contributed by atoms with van der Waals surface area (Å²) in [7, 11) is 0. The number of fused-ring (bicyclic) bond motifs is 3.